The minimum absolute atomic E-state index is 0.958. The molecule has 0 fully saturated rings. The Morgan fingerprint density at radius 3 is 2.00 bits per heavy atom. The van der Waals surface area contributed by atoms with Crippen LogP contribution in [-0.4, -0.2) is 17.0 Å². The van der Waals surface area contributed by atoms with Crippen LogP contribution in [0.4, 0.5) is 0 Å². The molecule has 3 N–H and O–H groups in total. The second kappa shape index (κ2) is 2.66. The third kappa shape index (κ3) is 1.44. The number of carbonyl (C=O) groups is 2. The van der Waals surface area contributed by atoms with Crippen LogP contribution in [0.2, 0.25) is 0 Å². The Morgan fingerprint density at radius 2 is 1.90 bits per heavy atom. The van der Waals surface area contributed by atoms with E-state index in [-0.39, 0.29) is 0 Å². The second-order valence-corrected chi connectivity index (χ2v) is 2.34. The number of hydrogen-bond acceptors (Lipinski definition) is 4. The van der Waals surface area contributed by atoms with Gasteiger partial charge in [-0.1, -0.05) is 0 Å². The SMILES string of the molecule is CC(C)(C(=O)O)C(=O)ON. The second-order valence-electron chi connectivity index (χ2n) is 2.34. The van der Waals surface area contributed by atoms with Crippen molar-refractivity contribution in [3.63, 3.8) is 0 Å². The van der Waals surface area contributed by atoms with Crippen molar-refractivity contribution in [1.82, 2.24) is 0 Å². The van der Waals surface area contributed by atoms with E-state index in [2.05, 4.69) is 10.7 Å². The van der Waals surface area contributed by atoms with Gasteiger partial charge in [-0.15, -0.1) is 0 Å². The molecule has 0 heterocycles. The van der Waals surface area contributed by atoms with E-state index in [4.69, 9.17) is 5.11 Å². The molecule has 0 aromatic heterocycles. The topological polar surface area (TPSA) is 89.6 Å². The van der Waals surface area contributed by atoms with E-state index in [1.54, 1.807) is 0 Å². The molecule has 0 aromatic carbocycles. The number of rotatable bonds is 2. The van der Waals surface area contributed by atoms with Crippen LogP contribution in [0.25, 0.3) is 0 Å². The minimum Gasteiger partial charge on any atom is -0.480 e. The van der Waals surface area contributed by atoms with E-state index >= 15 is 0 Å². The summed E-state index contributed by atoms with van der Waals surface area (Å²) >= 11 is 0. The summed E-state index contributed by atoms with van der Waals surface area (Å²) in [4.78, 5) is 24.6. The molecule has 5 heteroatoms. The van der Waals surface area contributed by atoms with E-state index in [1.165, 1.54) is 13.8 Å². The first-order valence-electron chi connectivity index (χ1n) is 2.57. The molecule has 58 valence electrons. The Kier molecular flexibility index (Phi) is 2.36. The Morgan fingerprint density at radius 1 is 1.50 bits per heavy atom. The van der Waals surface area contributed by atoms with Crippen molar-refractivity contribution in [2.45, 2.75) is 13.8 Å². The fourth-order valence-electron chi connectivity index (χ4n) is 0.235. The Balaban J connectivity index is 4.40. The largest absolute Gasteiger partial charge is 0.480 e. The van der Waals surface area contributed by atoms with Crippen LogP contribution in [-0.2, 0) is 14.4 Å². The lowest BCUT2D eigenvalue weighted by Crippen LogP contribution is -2.36. The van der Waals surface area contributed by atoms with E-state index in [0.29, 0.717) is 0 Å². The lowest BCUT2D eigenvalue weighted by atomic mass is 9.94. The van der Waals surface area contributed by atoms with Crippen molar-refractivity contribution in [3.8, 4) is 0 Å². The Hall–Kier alpha value is -1.10. The first-order valence-corrected chi connectivity index (χ1v) is 2.57. The maximum atomic E-state index is 10.5. The number of nitrogens with two attached hydrogens (primary N) is 1. The molecule has 0 aliphatic carbocycles. The monoisotopic (exact) mass is 147 g/mol. The average Bonchev–Trinajstić information content (AvgIpc) is 1.86. The maximum Gasteiger partial charge on any atom is 0.341 e. The van der Waals surface area contributed by atoms with Gasteiger partial charge in [-0.3, -0.25) is 4.79 Å². The third-order valence-corrected chi connectivity index (χ3v) is 1.15. The summed E-state index contributed by atoms with van der Waals surface area (Å²) in [5, 5.41) is 8.39. The van der Waals surface area contributed by atoms with Gasteiger partial charge in [0.05, 0.1) is 0 Å². The Labute approximate surface area is 57.7 Å². The zero-order valence-corrected chi connectivity index (χ0v) is 5.75. The van der Waals surface area contributed by atoms with Crippen LogP contribution >= 0.6 is 0 Å². The molecule has 0 spiro atoms. The van der Waals surface area contributed by atoms with Gasteiger partial charge in [-0.25, -0.2) is 4.79 Å². The highest BCUT2D eigenvalue weighted by Gasteiger charge is 2.37. The standard InChI is InChI=1S/C5H9NO4/c1-5(2,3(7)8)4(9)10-6/h6H2,1-2H3,(H,7,8). The van der Waals surface area contributed by atoms with Gasteiger partial charge in [-0.05, 0) is 13.8 Å². The molecule has 0 rings (SSSR count). The molecule has 0 aliphatic heterocycles. The summed E-state index contributed by atoms with van der Waals surface area (Å²) in [6.45, 7) is 2.43. The molecule has 0 radical (unpaired) electrons. The molecular formula is C5H9NO4. The first kappa shape index (κ1) is 8.90. The van der Waals surface area contributed by atoms with Crippen molar-refractivity contribution in [2.24, 2.45) is 11.3 Å². The average molecular weight is 147 g/mol. The van der Waals surface area contributed by atoms with Gasteiger partial charge in [0.25, 0.3) is 0 Å². The number of carboxylic acid groups (broad SMARTS) is 1. The zero-order valence-electron chi connectivity index (χ0n) is 5.75. The molecular weight excluding hydrogens is 138 g/mol. The third-order valence-electron chi connectivity index (χ3n) is 1.15. The van der Waals surface area contributed by atoms with Crippen molar-refractivity contribution >= 4 is 11.9 Å². The van der Waals surface area contributed by atoms with Crippen LogP contribution in [0.15, 0.2) is 0 Å². The summed E-state index contributed by atoms with van der Waals surface area (Å²) in [6.07, 6.45) is 0. The predicted octanol–water partition coefficient (Wildman–Crippen LogP) is -0.486. The number of carbonyl (C=O) groups excluding carboxylic acids is 1. The van der Waals surface area contributed by atoms with Crippen LogP contribution < -0.4 is 5.90 Å². The van der Waals surface area contributed by atoms with E-state index < -0.39 is 17.4 Å². The number of carboxylic acids is 1. The zero-order chi connectivity index (χ0) is 8.36. The molecule has 0 saturated carbocycles. The summed E-state index contributed by atoms with van der Waals surface area (Å²) in [6, 6.07) is 0. The van der Waals surface area contributed by atoms with E-state index in [0.717, 1.165) is 0 Å². The van der Waals surface area contributed by atoms with Gasteiger partial charge in [-0.2, -0.15) is 5.90 Å². The van der Waals surface area contributed by atoms with Crippen LogP contribution in [0.3, 0.4) is 0 Å². The van der Waals surface area contributed by atoms with E-state index in [1.807, 2.05) is 0 Å². The molecule has 0 atom stereocenters. The minimum atomic E-state index is -1.56. The van der Waals surface area contributed by atoms with Gasteiger partial charge in [0.15, 0.2) is 5.41 Å². The molecule has 0 amide bonds. The molecule has 5 nitrogen and oxygen atoms in total. The molecule has 0 aliphatic rings. The maximum absolute atomic E-state index is 10.5. The smallest absolute Gasteiger partial charge is 0.341 e. The highest BCUT2D eigenvalue weighted by molar-refractivity contribution is 5.97. The van der Waals surface area contributed by atoms with Gasteiger partial charge in [0.1, 0.15) is 0 Å². The van der Waals surface area contributed by atoms with Gasteiger partial charge in [0.2, 0.25) is 0 Å². The fourth-order valence-corrected chi connectivity index (χ4v) is 0.235. The summed E-state index contributed by atoms with van der Waals surface area (Å²) in [7, 11) is 0. The quantitative estimate of drug-likeness (QED) is 0.406. The Bertz CT molecular complexity index is 163. The van der Waals surface area contributed by atoms with Crippen LogP contribution in [0.5, 0.6) is 0 Å². The molecule has 0 unspecified atom stereocenters. The number of hydrogen-bond donors (Lipinski definition) is 2. The number of aliphatic carboxylic acids is 1. The van der Waals surface area contributed by atoms with E-state index in [9.17, 15) is 9.59 Å². The van der Waals surface area contributed by atoms with Crippen LogP contribution in [0, 0.1) is 5.41 Å². The molecule has 0 aromatic rings. The lowest BCUT2D eigenvalue weighted by molar-refractivity contribution is -0.166. The summed E-state index contributed by atoms with van der Waals surface area (Å²) < 4.78 is 0. The predicted molar refractivity (Wildman–Crippen MR) is 31.7 cm³/mol. The van der Waals surface area contributed by atoms with Crippen molar-refractivity contribution in [2.75, 3.05) is 0 Å². The fraction of sp³-hybridized carbons (Fsp3) is 0.600. The van der Waals surface area contributed by atoms with Crippen molar-refractivity contribution in [3.05, 3.63) is 0 Å². The van der Waals surface area contributed by atoms with Gasteiger partial charge < -0.3 is 9.94 Å². The summed E-state index contributed by atoms with van der Waals surface area (Å²) in [5.41, 5.74) is -1.56. The lowest BCUT2D eigenvalue weighted by Gasteiger charge is -2.13. The van der Waals surface area contributed by atoms with Crippen molar-refractivity contribution in [1.29, 1.82) is 0 Å². The first-order chi connectivity index (χ1) is 4.42. The molecule has 0 bridgehead atoms. The van der Waals surface area contributed by atoms with Crippen LogP contribution in [0.1, 0.15) is 13.8 Å². The van der Waals surface area contributed by atoms with Gasteiger partial charge >= 0.3 is 11.9 Å². The normalized spacial score (nSPS) is 10.7. The van der Waals surface area contributed by atoms with Crippen molar-refractivity contribution < 1.29 is 19.5 Å². The van der Waals surface area contributed by atoms with Gasteiger partial charge in [0, 0.05) is 0 Å². The molecule has 10 heavy (non-hydrogen) atoms. The highest BCUT2D eigenvalue weighted by atomic mass is 16.7. The highest BCUT2D eigenvalue weighted by Crippen LogP contribution is 2.15. The summed E-state index contributed by atoms with van der Waals surface area (Å²) in [5.74, 6) is 2.26. The molecule has 0 saturated heterocycles.